The smallest absolute Gasteiger partial charge is 0.0386 e. The van der Waals surface area contributed by atoms with Gasteiger partial charge in [-0.05, 0) is 63.1 Å². The molecule has 1 aromatic heterocycles. The monoisotopic (exact) mass is 251 g/mol. The summed E-state index contributed by atoms with van der Waals surface area (Å²) in [7, 11) is 0. The number of aryl methyl sites for hydroxylation is 2. The number of nitrogens with one attached hydrogen (secondary N) is 1. The van der Waals surface area contributed by atoms with Crippen molar-refractivity contribution in [1.82, 2.24) is 5.32 Å². The van der Waals surface area contributed by atoms with Gasteiger partial charge in [-0.15, -0.1) is 11.3 Å². The summed E-state index contributed by atoms with van der Waals surface area (Å²) in [5.41, 5.74) is 1.63. The van der Waals surface area contributed by atoms with Crippen LogP contribution in [0.4, 0.5) is 0 Å². The van der Waals surface area contributed by atoms with E-state index in [0.29, 0.717) is 6.04 Å². The largest absolute Gasteiger partial charge is 0.309 e. The molecule has 17 heavy (non-hydrogen) atoms. The lowest BCUT2D eigenvalue weighted by Gasteiger charge is -2.13. The first-order chi connectivity index (χ1) is 8.16. The van der Waals surface area contributed by atoms with Crippen LogP contribution in [0.3, 0.4) is 0 Å². The molecule has 0 aromatic carbocycles. The maximum absolute atomic E-state index is 3.65. The summed E-state index contributed by atoms with van der Waals surface area (Å²) in [5, 5.41) is 3.65. The number of rotatable bonds is 5. The second-order valence-electron chi connectivity index (χ2n) is 5.66. The van der Waals surface area contributed by atoms with Crippen LogP contribution in [-0.4, -0.2) is 6.54 Å². The van der Waals surface area contributed by atoms with Gasteiger partial charge in [0.15, 0.2) is 0 Å². The third-order valence-corrected chi connectivity index (χ3v) is 5.03. The lowest BCUT2D eigenvalue weighted by Crippen LogP contribution is -2.20. The summed E-state index contributed by atoms with van der Waals surface area (Å²) in [6.07, 6.45) is 6.68. The standard InChI is InChI=1S/C15H25NS/c1-11(2)8-9-16-12(3)15-10-13-6-4-5-7-14(13)17-15/h10-12,16H,4-9H2,1-3H3. The summed E-state index contributed by atoms with van der Waals surface area (Å²) in [4.78, 5) is 3.20. The van der Waals surface area contributed by atoms with Crippen LogP contribution < -0.4 is 5.32 Å². The lowest BCUT2D eigenvalue weighted by molar-refractivity contribution is 0.500. The number of hydrogen-bond acceptors (Lipinski definition) is 2. The van der Waals surface area contributed by atoms with Crippen molar-refractivity contribution >= 4 is 11.3 Å². The Morgan fingerprint density at radius 1 is 1.24 bits per heavy atom. The van der Waals surface area contributed by atoms with Gasteiger partial charge in [-0.1, -0.05) is 13.8 Å². The molecule has 1 N–H and O–H groups in total. The molecule has 1 aromatic rings. The number of thiophene rings is 1. The van der Waals surface area contributed by atoms with Gasteiger partial charge in [-0.2, -0.15) is 0 Å². The van der Waals surface area contributed by atoms with Gasteiger partial charge in [0.2, 0.25) is 0 Å². The van der Waals surface area contributed by atoms with Gasteiger partial charge in [0.25, 0.3) is 0 Å². The summed E-state index contributed by atoms with van der Waals surface area (Å²) in [6.45, 7) is 8.02. The Balaban J connectivity index is 1.90. The highest BCUT2D eigenvalue weighted by Gasteiger charge is 2.16. The van der Waals surface area contributed by atoms with Crippen molar-refractivity contribution in [1.29, 1.82) is 0 Å². The molecule has 0 radical (unpaired) electrons. The van der Waals surface area contributed by atoms with Crippen molar-refractivity contribution in [2.24, 2.45) is 5.92 Å². The predicted molar refractivity (Wildman–Crippen MR) is 76.8 cm³/mol. The molecule has 0 fully saturated rings. The van der Waals surface area contributed by atoms with Crippen molar-refractivity contribution in [3.05, 3.63) is 21.4 Å². The second-order valence-corrected chi connectivity index (χ2v) is 6.83. The molecule has 1 atom stereocenters. The molecule has 1 heterocycles. The molecule has 1 nitrogen and oxygen atoms in total. The highest BCUT2D eigenvalue weighted by atomic mass is 32.1. The average Bonchev–Trinajstić information content (AvgIpc) is 2.71. The van der Waals surface area contributed by atoms with Gasteiger partial charge < -0.3 is 5.32 Å². The number of fused-ring (bicyclic) bond motifs is 1. The van der Waals surface area contributed by atoms with E-state index in [9.17, 15) is 0 Å². The topological polar surface area (TPSA) is 12.0 Å². The van der Waals surface area contributed by atoms with Crippen molar-refractivity contribution < 1.29 is 0 Å². The molecular weight excluding hydrogens is 226 g/mol. The van der Waals surface area contributed by atoms with Crippen molar-refractivity contribution in [2.75, 3.05) is 6.54 Å². The lowest BCUT2D eigenvalue weighted by atomic mass is 9.99. The maximum Gasteiger partial charge on any atom is 0.0386 e. The predicted octanol–water partition coefficient (Wildman–Crippen LogP) is 4.32. The molecule has 0 amide bonds. The van der Waals surface area contributed by atoms with Crippen LogP contribution >= 0.6 is 11.3 Å². The molecule has 1 aliphatic rings. The minimum absolute atomic E-state index is 0.532. The molecule has 2 heteroatoms. The number of hydrogen-bond donors (Lipinski definition) is 1. The third kappa shape index (κ3) is 3.56. The highest BCUT2D eigenvalue weighted by Crippen LogP contribution is 2.32. The minimum Gasteiger partial charge on any atom is -0.309 e. The van der Waals surface area contributed by atoms with E-state index in [2.05, 4.69) is 32.2 Å². The second kappa shape index (κ2) is 6.01. The van der Waals surface area contributed by atoms with Crippen LogP contribution in [0.25, 0.3) is 0 Å². The zero-order valence-electron chi connectivity index (χ0n) is 11.4. The Morgan fingerprint density at radius 3 is 2.71 bits per heavy atom. The van der Waals surface area contributed by atoms with Crippen LogP contribution in [0.15, 0.2) is 6.07 Å². The summed E-state index contributed by atoms with van der Waals surface area (Å²) < 4.78 is 0. The first-order valence-corrected chi connectivity index (χ1v) is 7.83. The van der Waals surface area contributed by atoms with Gasteiger partial charge in [-0.25, -0.2) is 0 Å². The van der Waals surface area contributed by atoms with E-state index in [-0.39, 0.29) is 0 Å². The fourth-order valence-corrected chi connectivity index (χ4v) is 3.70. The van der Waals surface area contributed by atoms with Gasteiger partial charge in [0.1, 0.15) is 0 Å². The van der Waals surface area contributed by atoms with E-state index < -0.39 is 0 Å². The van der Waals surface area contributed by atoms with E-state index in [1.165, 1.54) is 32.1 Å². The van der Waals surface area contributed by atoms with Crippen molar-refractivity contribution in [2.45, 2.75) is 58.9 Å². The molecule has 96 valence electrons. The van der Waals surface area contributed by atoms with Gasteiger partial charge >= 0.3 is 0 Å². The van der Waals surface area contributed by atoms with Crippen LogP contribution in [0.1, 0.15) is 61.4 Å². The minimum atomic E-state index is 0.532. The Kier molecular flexibility index (Phi) is 4.63. The van der Waals surface area contributed by atoms with E-state index in [1.807, 2.05) is 11.3 Å². The molecule has 2 rings (SSSR count). The van der Waals surface area contributed by atoms with Crippen LogP contribution in [0, 0.1) is 5.92 Å². The Morgan fingerprint density at radius 2 is 2.00 bits per heavy atom. The quantitative estimate of drug-likeness (QED) is 0.821. The zero-order valence-corrected chi connectivity index (χ0v) is 12.2. The SMILES string of the molecule is CC(C)CCNC(C)c1cc2c(s1)CCCC2. The normalized spacial score (nSPS) is 17.2. The molecule has 0 saturated heterocycles. The zero-order chi connectivity index (χ0) is 12.3. The Bertz CT molecular complexity index is 330. The molecular formula is C15H25NS. The summed E-state index contributed by atoms with van der Waals surface area (Å²) in [6, 6.07) is 2.98. The van der Waals surface area contributed by atoms with E-state index in [4.69, 9.17) is 0 Å². The van der Waals surface area contributed by atoms with E-state index >= 15 is 0 Å². The van der Waals surface area contributed by atoms with Crippen LogP contribution in [0.2, 0.25) is 0 Å². The van der Waals surface area contributed by atoms with E-state index in [0.717, 1.165) is 12.5 Å². The first kappa shape index (κ1) is 13.1. The Hall–Kier alpha value is -0.340. The third-order valence-electron chi connectivity index (χ3n) is 3.61. The molecule has 0 bridgehead atoms. The van der Waals surface area contributed by atoms with Crippen LogP contribution in [-0.2, 0) is 12.8 Å². The van der Waals surface area contributed by atoms with Gasteiger partial charge in [0, 0.05) is 15.8 Å². The van der Waals surface area contributed by atoms with E-state index in [1.54, 1.807) is 15.3 Å². The molecule has 1 unspecified atom stereocenters. The average molecular weight is 251 g/mol. The first-order valence-electron chi connectivity index (χ1n) is 7.01. The summed E-state index contributed by atoms with van der Waals surface area (Å²) in [5.74, 6) is 0.797. The molecule has 0 saturated carbocycles. The van der Waals surface area contributed by atoms with Crippen LogP contribution in [0.5, 0.6) is 0 Å². The van der Waals surface area contributed by atoms with Crippen molar-refractivity contribution in [3.8, 4) is 0 Å². The molecule has 0 aliphatic heterocycles. The highest BCUT2D eigenvalue weighted by molar-refractivity contribution is 7.12. The molecule has 1 aliphatic carbocycles. The van der Waals surface area contributed by atoms with Crippen molar-refractivity contribution in [3.63, 3.8) is 0 Å². The fraction of sp³-hybridized carbons (Fsp3) is 0.733. The Labute approximate surface area is 110 Å². The van der Waals surface area contributed by atoms with Gasteiger partial charge in [0.05, 0.1) is 0 Å². The van der Waals surface area contributed by atoms with Gasteiger partial charge in [-0.3, -0.25) is 0 Å². The maximum atomic E-state index is 3.65. The molecule has 0 spiro atoms. The summed E-state index contributed by atoms with van der Waals surface area (Å²) >= 11 is 2.04. The fourth-order valence-electron chi connectivity index (χ4n) is 2.42.